The van der Waals surface area contributed by atoms with Gasteiger partial charge in [-0.05, 0) is 18.6 Å². The quantitative estimate of drug-likeness (QED) is 0.918. The number of pyridine rings is 1. The predicted octanol–water partition coefficient (Wildman–Crippen LogP) is 2.62. The molecule has 0 saturated heterocycles. The molecule has 2 aromatic rings. The highest BCUT2D eigenvalue weighted by molar-refractivity contribution is 5.94. The molecule has 0 saturated carbocycles. The smallest absolute Gasteiger partial charge is 0.255 e. The van der Waals surface area contributed by atoms with Crippen molar-refractivity contribution in [3.63, 3.8) is 0 Å². The van der Waals surface area contributed by atoms with Gasteiger partial charge in [-0.25, -0.2) is 0 Å². The second-order valence-electron chi connectivity index (χ2n) is 4.43. The molecule has 0 fully saturated rings. The molecule has 1 aromatic heterocycles. The van der Waals surface area contributed by atoms with Crippen LogP contribution in [0.1, 0.15) is 28.9 Å². The fourth-order valence-corrected chi connectivity index (χ4v) is 1.88. The molecule has 0 aliphatic rings. The predicted molar refractivity (Wildman–Crippen MR) is 72.9 cm³/mol. The minimum atomic E-state index is -0.167. The van der Waals surface area contributed by atoms with Gasteiger partial charge >= 0.3 is 0 Å². The van der Waals surface area contributed by atoms with Crippen LogP contribution in [0.25, 0.3) is 0 Å². The highest BCUT2D eigenvalue weighted by Crippen LogP contribution is 2.21. The van der Waals surface area contributed by atoms with Crippen LogP contribution in [-0.2, 0) is 0 Å². The molecule has 0 aliphatic heterocycles. The summed E-state index contributed by atoms with van der Waals surface area (Å²) in [6.45, 7) is 1.96. The van der Waals surface area contributed by atoms with Gasteiger partial charge in [-0.2, -0.15) is 0 Å². The van der Waals surface area contributed by atoms with E-state index in [1.165, 1.54) is 18.5 Å². The van der Waals surface area contributed by atoms with Crippen molar-refractivity contribution in [1.82, 2.24) is 9.88 Å². The molecule has 2 rings (SSSR count). The Morgan fingerprint density at radius 2 is 1.95 bits per heavy atom. The third-order valence-corrected chi connectivity index (χ3v) is 3.15. The molecule has 4 nitrogen and oxygen atoms in total. The van der Waals surface area contributed by atoms with E-state index < -0.39 is 0 Å². The van der Waals surface area contributed by atoms with E-state index in [9.17, 15) is 9.90 Å². The van der Waals surface area contributed by atoms with E-state index in [0.717, 1.165) is 5.56 Å². The molecule has 1 amide bonds. The van der Waals surface area contributed by atoms with Gasteiger partial charge in [0, 0.05) is 13.2 Å². The average Bonchev–Trinajstić information content (AvgIpc) is 2.46. The van der Waals surface area contributed by atoms with Crippen LogP contribution < -0.4 is 0 Å². The molecule has 1 unspecified atom stereocenters. The first-order valence-electron chi connectivity index (χ1n) is 6.05. The molecule has 0 bridgehead atoms. The van der Waals surface area contributed by atoms with E-state index in [4.69, 9.17) is 0 Å². The van der Waals surface area contributed by atoms with E-state index in [-0.39, 0.29) is 17.7 Å². The van der Waals surface area contributed by atoms with Gasteiger partial charge in [-0.3, -0.25) is 9.78 Å². The van der Waals surface area contributed by atoms with Gasteiger partial charge in [-0.1, -0.05) is 30.3 Å². The zero-order valence-electron chi connectivity index (χ0n) is 10.9. The summed E-state index contributed by atoms with van der Waals surface area (Å²) in [5.74, 6) is -0.175. The Balaban J connectivity index is 2.20. The summed E-state index contributed by atoms with van der Waals surface area (Å²) in [6.07, 6.45) is 2.76. The highest BCUT2D eigenvalue weighted by Gasteiger charge is 2.19. The molecule has 0 radical (unpaired) electrons. The van der Waals surface area contributed by atoms with E-state index in [0.29, 0.717) is 5.56 Å². The number of hydrogen-bond acceptors (Lipinski definition) is 3. The van der Waals surface area contributed by atoms with Crippen molar-refractivity contribution >= 4 is 5.91 Å². The summed E-state index contributed by atoms with van der Waals surface area (Å²) in [5.41, 5.74) is 1.44. The Hall–Kier alpha value is -2.36. The lowest BCUT2D eigenvalue weighted by molar-refractivity contribution is 0.0741. The Morgan fingerprint density at radius 1 is 1.26 bits per heavy atom. The normalized spacial score (nSPS) is 11.9. The fourth-order valence-electron chi connectivity index (χ4n) is 1.88. The third kappa shape index (κ3) is 2.91. The van der Waals surface area contributed by atoms with Crippen molar-refractivity contribution in [3.05, 3.63) is 59.9 Å². The summed E-state index contributed by atoms with van der Waals surface area (Å²) < 4.78 is 0. The molecule has 1 heterocycles. The number of carbonyl (C=O) groups is 1. The number of carbonyl (C=O) groups excluding carboxylic acids is 1. The Kier molecular flexibility index (Phi) is 3.80. The van der Waals surface area contributed by atoms with Crippen molar-refractivity contribution in [1.29, 1.82) is 0 Å². The lowest BCUT2D eigenvalue weighted by Crippen LogP contribution is -2.29. The van der Waals surface area contributed by atoms with Gasteiger partial charge in [0.15, 0.2) is 0 Å². The van der Waals surface area contributed by atoms with E-state index in [1.54, 1.807) is 11.9 Å². The van der Waals surface area contributed by atoms with Crippen molar-refractivity contribution in [3.8, 4) is 5.75 Å². The first kappa shape index (κ1) is 13.1. The first-order valence-corrected chi connectivity index (χ1v) is 6.05. The van der Waals surface area contributed by atoms with Crippen LogP contribution in [0.15, 0.2) is 48.8 Å². The van der Waals surface area contributed by atoms with Gasteiger partial charge < -0.3 is 10.0 Å². The third-order valence-electron chi connectivity index (χ3n) is 3.15. The zero-order valence-corrected chi connectivity index (χ0v) is 10.9. The van der Waals surface area contributed by atoms with Crippen molar-refractivity contribution in [2.75, 3.05) is 7.05 Å². The Bertz CT molecular complexity index is 569. The molecule has 0 aliphatic carbocycles. The van der Waals surface area contributed by atoms with Gasteiger partial charge in [0.25, 0.3) is 5.91 Å². The maximum Gasteiger partial charge on any atom is 0.255 e. The van der Waals surface area contributed by atoms with E-state index in [1.807, 2.05) is 37.3 Å². The number of amides is 1. The summed E-state index contributed by atoms with van der Waals surface area (Å²) in [5, 5.41) is 9.37. The van der Waals surface area contributed by atoms with Gasteiger partial charge in [-0.15, -0.1) is 0 Å². The van der Waals surface area contributed by atoms with Crippen LogP contribution in [0, 0.1) is 0 Å². The summed E-state index contributed by atoms with van der Waals surface area (Å²) in [7, 11) is 1.74. The molecule has 4 heteroatoms. The number of aromatic nitrogens is 1. The van der Waals surface area contributed by atoms with Crippen LogP contribution >= 0.6 is 0 Å². The summed E-state index contributed by atoms with van der Waals surface area (Å²) in [6, 6.07) is 11.2. The fraction of sp³-hybridized carbons (Fsp3) is 0.200. The molecule has 0 spiro atoms. The molecular weight excluding hydrogens is 240 g/mol. The van der Waals surface area contributed by atoms with Crippen molar-refractivity contribution in [2.45, 2.75) is 13.0 Å². The molecule has 19 heavy (non-hydrogen) atoms. The molecule has 1 atom stereocenters. The lowest BCUT2D eigenvalue weighted by Gasteiger charge is -2.25. The van der Waals surface area contributed by atoms with Crippen LogP contribution in [-0.4, -0.2) is 27.9 Å². The second-order valence-corrected chi connectivity index (χ2v) is 4.43. The monoisotopic (exact) mass is 256 g/mol. The molecule has 1 N–H and O–H groups in total. The highest BCUT2D eigenvalue weighted by atomic mass is 16.3. The van der Waals surface area contributed by atoms with Crippen LogP contribution in [0.2, 0.25) is 0 Å². The minimum Gasteiger partial charge on any atom is -0.506 e. The number of benzene rings is 1. The maximum absolute atomic E-state index is 12.3. The number of aromatic hydroxyl groups is 1. The maximum atomic E-state index is 12.3. The summed E-state index contributed by atoms with van der Waals surface area (Å²) >= 11 is 0. The number of hydrogen-bond donors (Lipinski definition) is 1. The Labute approximate surface area is 112 Å². The first-order chi connectivity index (χ1) is 9.09. The minimum absolute atomic E-state index is 0.00776. The second kappa shape index (κ2) is 5.52. The SMILES string of the molecule is CC(c1ccccc1)N(C)C(=O)c1cncc(O)c1. The van der Waals surface area contributed by atoms with E-state index >= 15 is 0 Å². The Morgan fingerprint density at radius 3 is 2.58 bits per heavy atom. The van der Waals surface area contributed by atoms with Crippen LogP contribution in [0.4, 0.5) is 0 Å². The standard InChI is InChI=1S/C15H16N2O2/c1-11(12-6-4-3-5-7-12)17(2)15(19)13-8-14(18)10-16-9-13/h3-11,18H,1-2H3. The van der Waals surface area contributed by atoms with Gasteiger partial charge in [0.1, 0.15) is 5.75 Å². The average molecular weight is 256 g/mol. The number of rotatable bonds is 3. The lowest BCUT2D eigenvalue weighted by atomic mass is 10.1. The topological polar surface area (TPSA) is 53.4 Å². The largest absolute Gasteiger partial charge is 0.506 e. The molecular formula is C15H16N2O2. The molecule has 1 aromatic carbocycles. The van der Waals surface area contributed by atoms with Crippen LogP contribution in [0.3, 0.4) is 0 Å². The number of nitrogens with zero attached hydrogens (tertiary/aromatic N) is 2. The zero-order chi connectivity index (χ0) is 13.8. The molecule has 98 valence electrons. The van der Waals surface area contributed by atoms with Gasteiger partial charge in [0.2, 0.25) is 0 Å². The van der Waals surface area contributed by atoms with E-state index in [2.05, 4.69) is 4.98 Å². The summed E-state index contributed by atoms with van der Waals surface area (Å²) in [4.78, 5) is 17.7. The van der Waals surface area contributed by atoms with Crippen molar-refractivity contribution < 1.29 is 9.90 Å². The van der Waals surface area contributed by atoms with Crippen molar-refractivity contribution in [2.24, 2.45) is 0 Å². The van der Waals surface area contributed by atoms with Gasteiger partial charge in [0.05, 0.1) is 17.8 Å². The van der Waals surface area contributed by atoms with Crippen LogP contribution in [0.5, 0.6) is 5.75 Å².